The Morgan fingerprint density at radius 3 is 2.71 bits per heavy atom. The van der Waals surface area contributed by atoms with Crippen LogP contribution in [0.5, 0.6) is 0 Å². The predicted molar refractivity (Wildman–Crippen MR) is 90.1 cm³/mol. The van der Waals surface area contributed by atoms with Crippen molar-refractivity contribution in [3.63, 3.8) is 0 Å². The second-order valence-corrected chi connectivity index (χ2v) is 7.25. The first kappa shape index (κ1) is 14.9. The first-order valence-electron chi connectivity index (χ1n) is 8.14. The molecule has 1 aliphatic carbocycles. The average molecular weight is 305 g/mol. The molecule has 1 aromatic carbocycles. The quantitative estimate of drug-likeness (QED) is 0.719. The third kappa shape index (κ3) is 2.96. The molecule has 0 N–H and O–H groups in total. The van der Waals surface area contributed by atoms with Crippen LogP contribution in [-0.2, 0) is 13.0 Å². The van der Waals surface area contributed by atoms with Crippen LogP contribution in [0.1, 0.15) is 50.4 Å². The Kier molecular flexibility index (Phi) is 4.26. The Hall–Kier alpha value is -1.02. The van der Waals surface area contributed by atoms with Crippen LogP contribution in [-0.4, -0.2) is 15.4 Å². The lowest BCUT2D eigenvalue weighted by molar-refractivity contribution is 0.183. The van der Waals surface area contributed by atoms with E-state index in [0.29, 0.717) is 11.3 Å². The summed E-state index contributed by atoms with van der Waals surface area (Å²) >= 11 is 6.00. The maximum Gasteiger partial charge on any atom is 0.111 e. The molecule has 2 nitrogen and oxygen atoms in total. The second kappa shape index (κ2) is 6.00. The number of nitrogens with zero attached hydrogens (tertiary/aromatic N) is 2. The lowest BCUT2D eigenvalue weighted by Gasteiger charge is -2.34. The molecule has 1 aliphatic rings. The van der Waals surface area contributed by atoms with Crippen molar-refractivity contribution in [2.24, 2.45) is 5.41 Å². The van der Waals surface area contributed by atoms with Gasteiger partial charge < -0.3 is 4.57 Å². The number of benzene rings is 1. The lowest BCUT2D eigenvalue weighted by Crippen LogP contribution is -2.27. The van der Waals surface area contributed by atoms with E-state index >= 15 is 0 Å². The molecule has 1 fully saturated rings. The molecule has 3 rings (SSSR count). The van der Waals surface area contributed by atoms with Gasteiger partial charge in [-0.2, -0.15) is 0 Å². The van der Waals surface area contributed by atoms with E-state index < -0.39 is 0 Å². The zero-order chi connectivity index (χ0) is 14.9. The fourth-order valence-electron chi connectivity index (χ4n) is 3.80. The maximum atomic E-state index is 6.00. The number of halogens is 1. The van der Waals surface area contributed by atoms with E-state index in [9.17, 15) is 0 Å². The SMILES string of the molecule is Cc1cccc2nc(CCCl)n(CC3(C)CCCCC3)c12. The third-order valence-corrected chi connectivity index (χ3v) is 5.16. The van der Waals surface area contributed by atoms with Gasteiger partial charge in [0.15, 0.2) is 0 Å². The lowest BCUT2D eigenvalue weighted by atomic mass is 9.75. The van der Waals surface area contributed by atoms with Gasteiger partial charge in [0.05, 0.1) is 11.0 Å². The summed E-state index contributed by atoms with van der Waals surface area (Å²) in [6, 6.07) is 6.41. The van der Waals surface area contributed by atoms with E-state index in [1.54, 1.807) is 0 Å². The van der Waals surface area contributed by atoms with Crippen molar-refractivity contribution >= 4 is 22.6 Å². The minimum absolute atomic E-state index is 0.412. The number of rotatable bonds is 4. The van der Waals surface area contributed by atoms with E-state index in [1.165, 1.54) is 43.2 Å². The fraction of sp³-hybridized carbons (Fsp3) is 0.611. The minimum atomic E-state index is 0.412. The van der Waals surface area contributed by atoms with Gasteiger partial charge in [0.25, 0.3) is 0 Å². The van der Waals surface area contributed by atoms with E-state index in [-0.39, 0.29) is 0 Å². The molecule has 0 aliphatic heterocycles. The summed E-state index contributed by atoms with van der Waals surface area (Å²) in [6.07, 6.45) is 7.65. The number of aromatic nitrogens is 2. The Morgan fingerprint density at radius 2 is 2.00 bits per heavy atom. The number of para-hydroxylation sites is 1. The molecule has 2 aromatic rings. The molecule has 21 heavy (non-hydrogen) atoms. The van der Waals surface area contributed by atoms with Crippen LogP contribution in [0, 0.1) is 12.3 Å². The largest absolute Gasteiger partial charge is 0.327 e. The number of hydrogen-bond acceptors (Lipinski definition) is 1. The highest BCUT2D eigenvalue weighted by atomic mass is 35.5. The van der Waals surface area contributed by atoms with Crippen molar-refractivity contribution in [1.29, 1.82) is 0 Å². The van der Waals surface area contributed by atoms with Crippen LogP contribution < -0.4 is 0 Å². The number of aryl methyl sites for hydroxylation is 2. The van der Waals surface area contributed by atoms with E-state index in [2.05, 4.69) is 36.6 Å². The fourth-order valence-corrected chi connectivity index (χ4v) is 3.97. The number of hydrogen-bond donors (Lipinski definition) is 0. The van der Waals surface area contributed by atoms with Gasteiger partial charge in [-0.1, -0.05) is 38.3 Å². The molecular weight excluding hydrogens is 280 g/mol. The van der Waals surface area contributed by atoms with Gasteiger partial charge in [-0.05, 0) is 36.8 Å². The molecule has 0 atom stereocenters. The molecule has 0 spiro atoms. The van der Waals surface area contributed by atoms with Crippen LogP contribution in [0.2, 0.25) is 0 Å². The highest BCUT2D eigenvalue weighted by Crippen LogP contribution is 2.38. The van der Waals surface area contributed by atoms with Gasteiger partial charge in [-0.3, -0.25) is 0 Å². The number of fused-ring (bicyclic) bond motifs is 1. The molecule has 0 saturated heterocycles. The van der Waals surface area contributed by atoms with Crippen molar-refractivity contribution in [3.8, 4) is 0 Å². The Labute approximate surface area is 132 Å². The Bertz CT molecular complexity index is 623. The van der Waals surface area contributed by atoms with Gasteiger partial charge in [0.1, 0.15) is 5.82 Å². The zero-order valence-corrected chi connectivity index (χ0v) is 13.9. The Morgan fingerprint density at radius 1 is 1.24 bits per heavy atom. The molecule has 1 aromatic heterocycles. The van der Waals surface area contributed by atoms with Crippen LogP contribution >= 0.6 is 11.6 Å². The molecule has 3 heteroatoms. The number of imidazole rings is 1. The summed E-state index contributed by atoms with van der Waals surface area (Å²) in [5.74, 6) is 1.79. The summed E-state index contributed by atoms with van der Waals surface area (Å²) in [7, 11) is 0. The summed E-state index contributed by atoms with van der Waals surface area (Å²) in [4.78, 5) is 4.84. The van der Waals surface area contributed by atoms with Crippen molar-refractivity contribution < 1.29 is 0 Å². The first-order valence-corrected chi connectivity index (χ1v) is 8.67. The van der Waals surface area contributed by atoms with Crippen molar-refractivity contribution in [1.82, 2.24) is 9.55 Å². The van der Waals surface area contributed by atoms with Gasteiger partial charge in [0.2, 0.25) is 0 Å². The average Bonchev–Trinajstić information content (AvgIpc) is 2.79. The maximum absolute atomic E-state index is 6.00. The first-order chi connectivity index (χ1) is 10.1. The topological polar surface area (TPSA) is 17.8 Å². The molecule has 114 valence electrons. The summed E-state index contributed by atoms with van der Waals surface area (Å²) in [5, 5.41) is 0. The van der Waals surface area contributed by atoms with E-state index in [1.807, 2.05) is 0 Å². The van der Waals surface area contributed by atoms with E-state index in [0.717, 1.165) is 24.3 Å². The second-order valence-electron chi connectivity index (χ2n) is 6.87. The molecule has 1 saturated carbocycles. The van der Waals surface area contributed by atoms with Crippen molar-refractivity contribution in [2.75, 3.05) is 5.88 Å². The van der Waals surface area contributed by atoms with Gasteiger partial charge in [-0.25, -0.2) is 4.98 Å². The summed E-state index contributed by atoms with van der Waals surface area (Å²) in [5.41, 5.74) is 4.16. The highest BCUT2D eigenvalue weighted by molar-refractivity contribution is 6.17. The van der Waals surface area contributed by atoms with Crippen molar-refractivity contribution in [2.45, 2.75) is 58.9 Å². The van der Waals surface area contributed by atoms with Crippen LogP contribution in [0.25, 0.3) is 11.0 Å². The minimum Gasteiger partial charge on any atom is -0.327 e. The van der Waals surface area contributed by atoms with Crippen LogP contribution in [0.3, 0.4) is 0 Å². The summed E-state index contributed by atoms with van der Waals surface area (Å²) < 4.78 is 2.46. The van der Waals surface area contributed by atoms with Crippen LogP contribution in [0.15, 0.2) is 18.2 Å². The third-order valence-electron chi connectivity index (χ3n) is 4.97. The Balaban J connectivity index is 2.04. The van der Waals surface area contributed by atoms with Crippen LogP contribution in [0.4, 0.5) is 0 Å². The van der Waals surface area contributed by atoms with Gasteiger partial charge in [-0.15, -0.1) is 11.6 Å². The highest BCUT2D eigenvalue weighted by Gasteiger charge is 2.29. The van der Waals surface area contributed by atoms with E-state index in [4.69, 9.17) is 16.6 Å². The molecular formula is C18H25ClN2. The molecule has 0 amide bonds. The molecule has 1 heterocycles. The monoisotopic (exact) mass is 304 g/mol. The summed E-state index contributed by atoms with van der Waals surface area (Å²) in [6.45, 7) is 5.72. The zero-order valence-electron chi connectivity index (χ0n) is 13.2. The molecule has 0 unspecified atom stereocenters. The van der Waals surface area contributed by atoms with Crippen molar-refractivity contribution in [3.05, 3.63) is 29.6 Å². The molecule has 0 radical (unpaired) electrons. The predicted octanol–water partition coefficient (Wildman–Crippen LogP) is 5.10. The van der Waals surface area contributed by atoms with Gasteiger partial charge in [0, 0.05) is 18.8 Å². The standard InChI is InChI=1S/C18H25ClN2/c1-14-7-6-8-15-17(14)21(16(20-15)9-12-19)13-18(2)10-4-3-5-11-18/h6-8H,3-5,9-13H2,1-2H3. The number of alkyl halides is 1. The molecule has 0 bridgehead atoms. The normalized spacial score (nSPS) is 18.2. The smallest absolute Gasteiger partial charge is 0.111 e. The van der Waals surface area contributed by atoms with Gasteiger partial charge >= 0.3 is 0 Å².